The van der Waals surface area contributed by atoms with E-state index in [-0.39, 0.29) is 17.3 Å². The van der Waals surface area contributed by atoms with Gasteiger partial charge in [0.2, 0.25) is 0 Å². The monoisotopic (exact) mass is 410 g/mol. The molecule has 0 aromatic heterocycles. The van der Waals surface area contributed by atoms with Crippen molar-refractivity contribution in [1.29, 1.82) is 0 Å². The summed E-state index contributed by atoms with van der Waals surface area (Å²) in [7, 11) is -4.78. The fourth-order valence-electron chi connectivity index (χ4n) is 1.61. The van der Waals surface area contributed by atoms with Crippen LogP contribution >= 0.6 is 19.6 Å². The van der Waals surface area contributed by atoms with Crippen LogP contribution in [0.2, 0.25) is 0 Å². The van der Waals surface area contributed by atoms with Crippen molar-refractivity contribution in [3.8, 4) is 0 Å². The van der Waals surface area contributed by atoms with Crippen LogP contribution in [0.15, 0.2) is 0 Å². The number of rotatable bonds is 10. The molecule has 0 saturated heterocycles. The molecular formula is C12H22F3N2O6PS. The van der Waals surface area contributed by atoms with E-state index in [1.807, 2.05) is 0 Å². The summed E-state index contributed by atoms with van der Waals surface area (Å²) < 4.78 is 60.2. The second kappa shape index (κ2) is 10.4. The van der Waals surface area contributed by atoms with E-state index in [4.69, 9.17) is 0 Å². The number of alkyl halides is 3. The number of esters is 1. The van der Waals surface area contributed by atoms with Gasteiger partial charge in [-0.15, -0.1) is 0 Å². The van der Waals surface area contributed by atoms with Gasteiger partial charge in [-0.3, -0.25) is 24.4 Å². The standard InChI is InChI=1S/C12H22F3N2O6PS/c1-5-22-9(18)7-17(10(19)12(13,14)15)11(16-8(3)4)24(20,21)23-25-6-2/h8,11,16H,5-7H2,1-4H3,(H,20,21). The van der Waals surface area contributed by atoms with E-state index in [0.717, 1.165) is 0 Å². The Bertz CT molecular complexity index is 506. The van der Waals surface area contributed by atoms with Gasteiger partial charge in [-0.2, -0.15) is 13.2 Å². The number of nitrogens with zero attached hydrogens (tertiary/aromatic N) is 1. The molecule has 13 heteroatoms. The largest absolute Gasteiger partial charge is 0.471 e. The van der Waals surface area contributed by atoms with Crippen molar-refractivity contribution in [2.45, 2.75) is 45.8 Å². The zero-order valence-corrected chi connectivity index (χ0v) is 15.9. The van der Waals surface area contributed by atoms with E-state index in [9.17, 15) is 32.2 Å². The van der Waals surface area contributed by atoms with Gasteiger partial charge in [0.1, 0.15) is 6.54 Å². The van der Waals surface area contributed by atoms with Crippen LogP contribution in [-0.4, -0.2) is 58.7 Å². The van der Waals surface area contributed by atoms with E-state index in [2.05, 4.69) is 14.0 Å². The van der Waals surface area contributed by atoms with Crippen molar-refractivity contribution in [3.05, 3.63) is 0 Å². The number of carbonyl (C=O) groups excluding carboxylic acids is 2. The lowest BCUT2D eigenvalue weighted by Crippen LogP contribution is -2.56. The van der Waals surface area contributed by atoms with Crippen molar-refractivity contribution in [1.82, 2.24) is 10.2 Å². The summed E-state index contributed by atoms with van der Waals surface area (Å²) in [6.07, 6.45) is -5.36. The normalized spacial score (nSPS) is 15.6. The third-order valence-corrected chi connectivity index (χ3v) is 5.03. The van der Waals surface area contributed by atoms with Gasteiger partial charge < -0.3 is 9.63 Å². The van der Waals surface area contributed by atoms with E-state index in [0.29, 0.717) is 12.0 Å². The molecule has 0 aliphatic rings. The Labute approximate surface area is 148 Å². The smallest absolute Gasteiger partial charge is 0.465 e. The van der Waals surface area contributed by atoms with Crippen molar-refractivity contribution in [3.63, 3.8) is 0 Å². The predicted octanol–water partition coefficient (Wildman–Crippen LogP) is 2.09. The Kier molecular flexibility index (Phi) is 10.0. The first-order valence-corrected chi connectivity index (χ1v) is 9.85. The summed E-state index contributed by atoms with van der Waals surface area (Å²) >= 11 is 0.548. The molecule has 0 heterocycles. The quantitative estimate of drug-likeness (QED) is 0.244. The van der Waals surface area contributed by atoms with Crippen LogP contribution in [0.3, 0.4) is 0 Å². The summed E-state index contributed by atoms with van der Waals surface area (Å²) in [4.78, 5) is 33.2. The van der Waals surface area contributed by atoms with Crippen LogP contribution < -0.4 is 5.32 Å². The number of ether oxygens (including phenoxy) is 1. The van der Waals surface area contributed by atoms with Crippen molar-refractivity contribution in [2.75, 3.05) is 18.9 Å². The zero-order chi connectivity index (χ0) is 19.8. The molecule has 0 rings (SSSR count). The van der Waals surface area contributed by atoms with Crippen molar-refractivity contribution >= 4 is 31.5 Å². The molecule has 0 aliphatic carbocycles. The number of halogens is 3. The van der Waals surface area contributed by atoms with Gasteiger partial charge in [0.25, 0.3) is 0 Å². The van der Waals surface area contributed by atoms with Crippen LogP contribution in [0, 0.1) is 0 Å². The summed E-state index contributed by atoms with van der Waals surface area (Å²) in [5.41, 5.74) is 0. The molecule has 2 N–H and O–H groups in total. The molecule has 2 atom stereocenters. The van der Waals surface area contributed by atoms with Crippen LogP contribution in [0.1, 0.15) is 27.7 Å². The topological polar surface area (TPSA) is 105 Å². The van der Waals surface area contributed by atoms with Crippen LogP contribution in [0.4, 0.5) is 13.2 Å². The Morgan fingerprint density at radius 2 is 1.88 bits per heavy atom. The minimum absolute atomic E-state index is 0.0883. The molecule has 0 aromatic rings. The van der Waals surface area contributed by atoms with Crippen molar-refractivity contribution < 1.29 is 40.9 Å². The number of hydrogen-bond donors (Lipinski definition) is 2. The Morgan fingerprint density at radius 3 is 2.28 bits per heavy atom. The Hall–Kier alpha value is -0.810. The average Bonchev–Trinajstić information content (AvgIpc) is 2.47. The predicted molar refractivity (Wildman–Crippen MR) is 85.5 cm³/mol. The Morgan fingerprint density at radius 1 is 1.32 bits per heavy atom. The summed E-state index contributed by atoms with van der Waals surface area (Å²) in [5, 5.41) is 2.38. The van der Waals surface area contributed by atoms with Crippen LogP contribution in [-0.2, 0) is 22.9 Å². The average molecular weight is 410 g/mol. The number of nitrogens with one attached hydrogen (secondary N) is 1. The van der Waals surface area contributed by atoms with Crippen LogP contribution in [0.5, 0.6) is 0 Å². The molecule has 25 heavy (non-hydrogen) atoms. The van der Waals surface area contributed by atoms with E-state index in [1.165, 1.54) is 20.8 Å². The third-order valence-electron chi connectivity index (χ3n) is 2.47. The number of carbonyl (C=O) groups is 2. The highest BCUT2D eigenvalue weighted by molar-refractivity contribution is 7.98. The molecule has 0 fully saturated rings. The summed E-state index contributed by atoms with van der Waals surface area (Å²) in [6.45, 7) is 4.69. The number of hydrogen-bond acceptors (Lipinski definition) is 7. The molecule has 0 bridgehead atoms. The SMILES string of the molecule is CCOC(=O)CN(C(=O)C(F)(F)F)C(NC(C)C)P(=O)(O)OSCC. The lowest BCUT2D eigenvalue weighted by atomic mass is 10.4. The molecule has 0 aliphatic heterocycles. The highest BCUT2D eigenvalue weighted by atomic mass is 32.2. The van der Waals surface area contributed by atoms with Gasteiger partial charge >= 0.3 is 25.6 Å². The molecule has 2 unspecified atom stereocenters. The highest BCUT2D eigenvalue weighted by Crippen LogP contribution is 2.51. The molecule has 0 radical (unpaired) electrons. The first kappa shape index (κ1) is 24.2. The maximum Gasteiger partial charge on any atom is 0.471 e. The second-order valence-electron chi connectivity index (χ2n) is 4.98. The van der Waals surface area contributed by atoms with Crippen LogP contribution in [0.25, 0.3) is 0 Å². The summed E-state index contributed by atoms with van der Waals surface area (Å²) in [6, 6.07) is -0.591. The minimum atomic E-state index is -5.36. The maximum atomic E-state index is 12.9. The summed E-state index contributed by atoms with van der Waals surface area (Å²) in [5.74, 6) is -5.45. The Balaban J connectivity index is 5.84. The zero-order valence-electron chi connectivity index (χ0n) is 14.2. The molecule has 0 spiro atoms. The lowest BCUT2D eigenvalue weighted by molar-refractivity contribution is -0.188. The lowest BCUT2D eigenvalue weighted by Gasteiger charge is -2.34. The first-order chi connectivity index (χ1) is 11.4. The molecule has 8 nitrogen and oxygen atoms in total. The van der Waals surface area contributed by atoms with Crippen molar-refractivity contribution in [2.24, 2.45) is 0 Å². The molecule has 1 amide bonds. The van der Waals surface area contributed by atoms with Gasteiger partial charge in [0.15, 0.2) is 5.91 Å². The van der Waals surface area contributed by atoms with Gasteiger partial charge in [0.05, 0.1) is 6.61 Å². The number of amides is 1. The molecule has 0 saturated carbocycles. The van der Waals surface area contributed by atoms with Gasteiger partial charge in [0, 0.05) is 23.8 Å². The fourth-order valence-corrected chi connectivity index (χ4v) is 3.98. The molecule has 0 aromatic carbocycles. The fraction of sp³-hybridized carbons (Fsp3) is 0.833. The van der Waals surface area contributed by atoms with E-state index in [1.54, 1.807) is 6.92 Å². The van der Waals surface area contributed by atoms with E-state index >= 15 is 0 Å². The van der Waals surface area contributed by atoms with Gasteiger partial charge in [-0.05, 0) is 20.8 Å². The molecular weight excluding hydrogens is 388 g/mol. The van der Waals surface area contributed by atoms with E-state index < -0.39 is 44.1 Å². The molecule has 148 valence electrons. The minimum Gasteiger partial charge on any atom is -0.465 e. The second-order valence-corrected chi connectivity index (χ2v) is 8.00. The maximum absolute atomic E-state index is 12.9. The van der Waals surface area contributed by atoms with Gasteiger partial charge in [-0.1, -0.05) is 6.92 Å². The van der Waals surface area contributed by atoms with Gasteiger partial charge in [-0.25, -0.2) is 3.97 Å². The third kappa shape index (κ3) is 8.41. The highest BCUT2D eigenvalue weighted by Gasteiger charge is 2.50. The first-order valence-electron chi connectivity index (χ1n) is 7.29.